The molecule has 0 spiro atoms. The van der Waals surface area contributed by atoms with Gasteiger partial charge in [-0.2, -0.15) is 0 Å². The number of carbonyl (C=O) groups excluding carboxylic acids is 1. The average Bonchev–Trinajstić information content (AvgIpc) is 2.55. The number of rotatable bonds is 7. The third-order valence-electron chi connectivity index (χ3n) is 3.20. The van der Waals surface area contributed by atoms with Crippen molar-refractivity contribution in [3.63, 3.8) is 0 Å². The summed E-state index contributed by atoms with van der Waals surface area (Å²) in [6, 6.07) is 11.9. The van der Waals surface area contributed by atoms with Crippen LogP contribution in [0.25, 0.3) is 0 Å². The first-order valence-corrected chi connectivity index (χ1v) is 8.46. The van der Waals surface area contributed by atoms with E-state index >= 15 is 0 Å². The molecule has 2 aromatic rings. The number of primary amides is 1. The Morgan fingerprint density at radius 1 is 1.13 bits per heavy atom. The van der Waals surface area contributed by atoms with Gasteiger partial charge in [0.1, 0.15) is 12.4 Å². The number of nitrogens with two attached hydrogens (primary N) is 1. The van der Waals surface area contributed by atoms with Gasteiger partial charge >= 0.3 is 0 Å². The lowest BCUT2D eigenvalue weighted by Crippen LogP contribution is -2.16. The summed E-state index contributed by atoms with van der Waals surface area (Å²) in [6.45, 7) is 1.17. The molecule has 0 aliphatic heterocycles. The maximum Gasteiger partial charge on any atom is 0.250 e. The van der Waals surface area contributed by atoms with E-state index in [1.165, 1.54) is 24.3 Å². The molecule has 0 bridgehead atoms. The van der Waals surface area contributed by atoms with E-state index in [0.717, 1.165) is 0 Å². The zero-order valence-corrected chi connectivity index (χ0v) is 13.5. The fourth-order valence-electron chi connectivity index (χ4n) is 2.02. The number of hydrogen-bond acceptors (Lipinski definition) is 5. The summed E-state index contributed by atoms with van der Waals surface area (Å²) >= 11 is 0. The van der Waals surface area contributed by atoms with Crippen LogP contribution < -0.4 is 15.8 Å². The highest BCUT2D eigenvalue weighted by Gasteiger charge is 2.23. The maximum atomic E-state index is 12.7. The van der Waals surface area contributed by atoms with Crippen molar-refractivity contribution in [1.82, 2.24) is 5.32 Å². The summed E-state index contributed by atoms with van der Waals surface area (Å²) in [4.78, 5) is 11.4. The van der Waals surface area contributed by atoms with Crippen LogP contribution in [0.5, 0.6) is 5.75 Å². The lowest BCUT2D eigenvalue weighted by molar-refractivity contribution is 0.0997. The minimum Gasteiger partial charge on any atom is -0.492 e. The number of sulfone groups is 1. The monoisotopic (exact) mass is 334 g/mol. The number of hydrogen-bond donors (Lipinski definition) is 2. The Kier molecular flexibility index (Phi) is 5.36. The average molecular weight is 334 g/mol. The second kappa shape index (κ2) is 7.26. The van der Waals surface area contributed by atoms with Crippen LogP contribution in [0, 0.1) is 0 Å². The normalized spacial score (nSPS) is 11.2. The van der Waals surface area contributed by atoms with Gasteiger partial charge in [0, 0.05) is 6.54 Å². The Bertz CT molecular complexity index is 786. The van der Waals surface area contributed by atoms with Gasteiger partial charge in [-0.1, -0.05) is 12.1 Å². The molecule has 0 saturated carbocycles. The molecular formula is C16H18N2O4S. The van der Waals surface area contributed by atoms with Crippen LogP contribution in [-0.4, -0.2) is 34.5 Å². The molecule has 0 radical (unpaired) electrons. The Morgan fingerprint density at radius 3 is 2.39 bits per heavy atom. The Morgan fingerprint density at radius 2 is 1.78 bits per heavy atom. The first-order valence-electron chi connectivity index (χ1n) is 6.98. The largest absolute Gasteiger partial charge is 0.492 e. The summed E-state index contributed by atoms with van der Waals surface area (Å²) in [5.41, 5.74) is 5.23. The van der Waals surface area contributed by atoms with Crippen molar-refractivity contribution in [3.8, 4) is 5.75 Å². The molecule has 0 unspecified atom stereocenters. The predicted molar refractivity (Wildman–Crippen MR) is 86.3 cm³/mol. The highest BCUT2D eigenvalue weighted by atomic mass is 32.2. The highest BCUT2D eigenvalue weighted by molar-refractivity contribution is 7.91. The van der Waals surface area contributed by atoms with Gasteiger partial charge in [-0.15, -0.1) is 0 Å². The molecule has 2 rings (SSSR count). The Balaban J connectivity index is 2.32. The second-order valence-corrected chi connectivity index (χ2v) is 6.71. The van der Waals surface area contributed by atoms with Gasteiger partial charge in [0.15, 0.2) is 0 Å². The quantitative estimate of drug-likeness (QED) is 0.742. The summed E-state index contributed by atoms with van der Waals surface area (Å²) in [5.74, 6) is -0.210. The van der Waals surface area contributed by atoms with Crippen molar-refractivity contribution >= 4 is 15.7 Å². The molecule has 0 fully saturated rings. The lowest BCUT2D eigenvalue weighted by Gasteiger charge is -2.10. The Labute approximate surface area is 135 Å². The summed E-state index contributed by atoms with van der Waals surface area (Å²) < 4.78 is 30.8. The van der Waals surface area contributed by atoms with Gasteiger partial charge in [-0.25, -0.2) is 8.42 Å². The van der Waals surface area contributed by atoms with E-state index in [9.17, 15) is 13.2 Å². The van der Waals surface area contributed by atoms with E-state index in [4.69, 9.17) is 10.5 Å². The van der Waals surface area contributed by atoms with Crippen molar-refractivity contribution < 1.29 is 17.9 Å². The minimum atomic E-state index is -3.83. The lowest BCUT2D eigenvalue weighted by atomic mass is 10.2. The van der Waals surface area contributed by atoms with Crippen LogP contribution in [0.1, 0.15) is 10.4 Å². The number of likely N-dealkylation sites (N-methyl/N-ethyl adjacent to an activating group) is 1. The van der Waals surface area contributed by atoms with Crippen LogP contribution in [0.15, 0.2) is 58.3 Å². The van der Waals surface area contributed by atoms with E-state index in [-0.39, 0.29) is 15.4 Å². The molecule has 23 heavy (non-hydrogen) atoms. The summed E-state index contributed by atoms with van der Waals surface area (Å²) in [5, 5.41) is 2.95. The first kappa shape index (κ1) is 17.0. The molecule has 3 N–H and O–H groups in total. The molecule has 0 aliphatic carbocycles. The molecule has 0 heterocycles. The number of nitrogens with one attached hydrogen (secondary N) is 1. The second-order valence-electron chi connectivity index (χ2n) is 4.79. The fraction of sp³-hybridized carbons (Fsp3) is 0.188. The van der Waals surface area contributed by atoms with Gasteiger partial charge < -0.3 is 15.8 Å². The zero-order valence-electron chi connectivity index (χ0n) is 12.7. The van der Waals surface area contributed by atoms with Gasteiger partial charge in [-0.05, 0) is 43.4 Å². The number of amides is 1. The number of benzene rings is 2. The zero-order chi connectivity index (χ0) is 16.9. The van der Waals surface area contributed by atoms with Gasteiger partial charge in [0.2, 0.25) is 15.7 Å². The van der Waals surface area contributed by atoms with Gasteiger partial charge in [0.25, 0.3) is 0 Å². The summed E-state index contributed by atoms with van der Waals surface area (Å²) in [6.07, 6.45) is 0. The van der Waals surface area contributed by atoms with Gasteiger partial charge in [-0.3, -0.25) is 4.79 Å². The van der Waals surface area contributed by atoms with Crippen LogP contribution in [0.4, 0.5) is 0 Å². The first-order chi connectivity index (χ1) is 11.0. The molecule has 0 atom stereocenters. The Hall–Kier alpha value is -2.38. The minimum absolute atomic E-state index is 0.0261. The van der Waals surface area contributed by atoms with Crippen molar-refractivity contribution in [1.29, 1.82) is 0 Å². The smallest absolute Gasteiger partial charge is 0.250 e. The molecule has 122 valence electrons. The molecule has 1 amide bonds. The molecule has 7 heteroatoms. The molecule has 0 aliphatic rings. The number of carbonyl (C=O) groups is 1. The van der Waals surface area contributed by atoms with Crippen LogP contribution >= 0.6 is 0 Å². The SMILES string of the molecule is CNCCOc1ccc(S(=O)(=O)c2ccccc2C(N)=O)cc1. The van der Waals surface area contributed by atoms with E-state index in [1.54, 1.807) is 24.3 Å². The molecule has 0 saturated heterocycles. The third-order valence-corrected chi connectivity index (χ3v) is 5.02. The molecular weight excluding hydrogens is 316 g/mol. The standard InChI is InChI=1S/C16H18N2O4S/c1-18-10-11-22-12-6-8-13(9-7-12)23(20,21)15-5-3-2-4-14(15)16(17)19/h2-9,18H,10-11H2,1H3,(H2,17,19). The fourth-order valence-corrected chi connectivity index (χ4v) is 3.48. The third kappa shape index (κ3) is 3.88. The van der Waals surface area contributed by atoms with Crippen LogP contribution in [0.3, 0.4) is 0 Å². The van der Waals surface area contributed by atoms with Crippen LogP contribution in [-0.2, 0) is 9.84 Å². The number of ether oxygens (including phenoxy) is 1. The van der Waals surface area contributed by atoms with E-state index in [0.29, 0.717) is 18.9 Å². The van der Waals surface area contributed by atoms with Crippen LogP contribution in [0.2, 0.25) is 0 Å². The van der Waals surface area contributed by atoms with Crippen molar-refractivity contribution in [2.75, 3.05) is 20.2 Å². The van der Waals surface area contributed by atoms with E-state index < -0.39 is 15.7 Å². The van der Waals surface area contributed by atoms with Crippen molar-refractivity contribution in [2.24, 2.45) is 5.73 Å². The van der Waals surface area contributed by atoms with E-state index in [2.05, 4.69) is 5.32 Å². The summed E-state index contributed by atoms with van der Waals surface area (Å²) in [7, 11) is -2.01. The molecule has 0 aromatic heterocycles. The topological polar surface area (TPSA) is 98.5 Å². The molecule has 6 nitrogen and oxygen atoms in total. The van der Waals surface area contributed by atoms with Gasteiger partial charge in [0.05, 0.1) is 15.4 Å². The van der Waals surface area contributed by atoms with Crippen molar-refractivity contribution in [3.05, 3.63) is 54.1 Å². The predicted octanol–water partition coefficient (Wildman–Crippen LogP) is 1.22. The van der Waals surface area contributed by atoms with Crippen molar-refractivity contribution in [2.45, 2.75) is 9.79 Å². The highest BCUT2D eigenvalue weighted by Crippen LogP contribution is 2.25. The molecule has 2 aromatic carbocycles. The van der Waals surface area contributed by atoms with E-state index in [1.807, 2.05) is 7.05 Å². The maximum absolute atomic E-state index is 12.7.